The highest BCUT2D eigenvalue weighted by Gasteiger charge is 2.27. The van der Waals surface area contributed by atoms with E-state index in [9.17, 15) is 9.59 Å². The van der Waals surface area contributed by atoms with Crippen molar-refractivity contribution in [2.75, 3.05) is 26.3 Å². The molecule has 2 amide bonds. The predicted molar refractivity (Wildman–Crippen MR) is 69.1 cm³/mol. The lowest BCUT2D eigenvalue weighted by Crippen LogP contribution is -2.45. The quantitative estimate of drug-likeness (QED) is 0.689. The molecule has 0 saturated carbocycles. The molecular weight excluding hydrogens is 232 g/mol. The molecule has 1 aliphatic rings. The van der Waals surface area contributed by atoms with Crippen molar-refractivity contribution in [3.8, 4) is 0 Å². The summed E-state index contributed by atoms with van der Waals surface area (Å²) in [6.07, 6.45) is 3.18. The van der Waals surface area contributed by atoms with Gasteiger partial charge in [-0.3, -0.25) is 9.59 Å². The van der Waals surface area contributed by atoms with Crippen LogP contribution in [0.2, 0.25) is 0 Å². The summed E-state index contributed by atoms with van der Waals surface area (Å²) in [5.74, 6) is -0.0213. The van der Waals surface area contributed by atoms with Crippen LogP contribution in [0.5, 0.6) is 0 Å². The highest BCUT2D eigenvalue weighted by Crippen LogP contribution is 2.06. The van der Waals surface area contributed by atoms with E-state index in [0.29, 0.717) is 32.5 Å². The third-order valence-electron chi connectivity index (χ3n) is 3.11. The average molecular weight is 256 g/mol. The molecule has 18 heavy (non-hydrogen) atoms. The number of hydrogen-bond acceptors (Lipinski definition) is 3. The molecule has 5 nitrogen and oxygen atoms in total. The van der Waals surface area contributed by atoms with Gasteiger partial charge in [-0.1, -0.05) is 20.3 Å². The van der Waals surface area contributed by atoms with Crippen molar-refractivity contribution < 1.29 is 14.3 Å². The highest BCUT2D eigenvalue weighted by atomic mass is 16.5. The van der Waals surface area contributed by atoms with Gasteiger partial charge in [-0.05, 0) is 12.8 Å². The summed E-state index contributed by atoms with van der Waals surface area (Å²) in [4.78, 5) is 25.3. The van der Waals surface area contributed by atoms with E-state index in [2.05, 4.69) is 12.2 Å². The predicted octanol–water partition coefficient (Wildman–Crippen LogP) is 0.930. The molecule has 0 aromatic rings. The number of ether oxygens (including phenoxy) is 1. The van der Waals surface area contributed by atoms with Crippen LogP contribution < -0.4 is 5.32 Å². The number of carbonyl (C=O) groups is 2. The third-order valence-corrected chi connectivity index (χ3v) is 3.11. The molecule has 1 fully saturated rings. The Hall–Kier alpha value is -1.10. The van der Waals surface area contributed by atoms with Crippen LogP contribution in [0.4, 0.5) is 0 Å². The standard InChI is InChI=1S/C13H24N2O3/c1-3-5-9-18-10-8-15-7-6-12(16)14-11(4-2)13(15)17/h11H,3-10H2,1-2H3,(H,14,16). The largest absolute Gasteiger partial charge is 0.380 e. The summed E-state index contributed by atoms with van der Waals surface area (Å²) in [5, 5.41) is 2.75. The normalized spacial score (nSPS) is 20.8. The molecular formula is C13H24N2O3. The van der Waals surface area contributed by atoms with E-state index in [1.165, 1.54) is 0 Å². The van der Waals surface area contributed by atoms with E-state index in [1.807, 2.05) is 6.92 Å². The zero-order valence-corrected chi connectivity index (χ0v) is 11.4. The smallest absolute Gasteiger partial charge is 0.245 e. The molecule has 0 bridgehead atoms. The van der Waals surface area contributed by atoms with Crippen molar-refractivity contribution in [2.24, 2.45) is 0 Å². The Balaban J connectivity index is 2.38. The number of nitrogens with one attached hydrogen (secondary N) is 1. The second-order valence-corrected chi connectivity index (χ2v) is 4.57. The lowest BCUT2D eigenvalue weighted by atomic mass is 10.2. The fourth-order valence-electron chi connectivity index (χ4n) is 1.92. The van der Waals surface area contributed by atoms with Crippen LogP contribution in [0.25, 0.3) is 0 Å². The third kappa shape index (κ3) is 4.64. The van der Waals surface area contributed by atoms with E-state index in [0.717, 1.165) is 19.4 Å². The molecule has 1 rings (SSSR count). The van der Waals surface area contributed by atoms with Crippen molar-refractivity contribution in [3.05, 3.63) is 0 Å². The monoisotopic (exact) mass is 256 g/mol. The first-order chi connectivity index (χ1) is 8.69. The second-order valence-electron chi connectivity index (χ2n) is 4.57. The fraction of sp³-hybridized carbons (Fsp3) is 0.846. The minimum atomic E-state index is -0.365. The van der Waals surface area contributed by atoms with Gasteiger partial charge in [0, 0.05) is 26.1 Å². The minimum Gasteiger partial charge on any atom is -0.380 e. The van der Waals surface area contributed by atoms with Crippen LogP contribution in [0.1, 0.15) is 39.5 Å². The van der Waals surface area contributed by atoms with Crippen molar-refractivity contribution in [1.29, 1.82) is 0 Å². The molecule has 0 radical (unpaired) electrons. The number of rotatable bonds is 7. The van der Waals surface area contributed by atoms with Gasteiger partial charge >= 0.3 is 0 Å². The Labute approximate surface area is 109 Å². The summed E-state index contributed by atoms with van der Waals surface area (Å²) >= 11 is 0. The molecule has 1 saturated heterocycles. The van der Waals surface area contributed by atoms with Gasteiger partial charge in [0.2, 0.25) is 11.8 Å². The first kappa shape index (κ1) is 15.0. The number of nitrogens with zero attached hydrogens (tertiary/aromatic N) is 1. The molecule has 0 aromatic heterocycles. The van der Waals surface area contributed by atoms with Crippen molar-refractivity contribution in [2.45, 2.75) is 45.6 Å². The van der Waals surface area contributed by atoms with E-state index < -0.39 is 0 Å². The van der Waals surface area contributed by atoms with Gasteiger partial charge in [-0.2, -0.15) is 0 Å². The van der Waals surface area contributed by atoms with Crippen LogP contribution >= 0.6 is 0 Å². The molecule has 1 atom stereocenters. The van der Waals surface area contributed by atoms with Crippen LogP contribution in [0.3, 0.4) is 0 Å². The van der Waals surface area contributed by atoms with Crippen LogP contribution in [-0.4, -0.2) is 49.1 Å². The van der Waals surface area contributed by atoms with Crippen LogP contribution in [0.15, 0.2) is 0 Å². The topological polar surface area (TPSA) is 58.6 Å². The SMILES string of the molecule is CCCCOCCN1CCC(=O)NC(CC)C1=O. The zero-order chi connectivity index (χ0) is 13.4. The maximum absolute atomic E-state index is 12.1. The van der Waals surface area contributed by atoms with Crippen molar-refractivity contribution in [3.63, 3.8) is 0 Å². The Morgan fingerprint density at radius 3 is 2.78 bits per heavy atom. The molecule has 104 valence electrons. The van der Waals surface area contributed by atoms with Crippen molar-refractivity contribution in [1.82, 2.24) is 10.2 Å². The molecule has 0 aromatic carbocycles. The van der Waals surface area contributed by atoms with Gasteiger partial charge in [-0.25, -0.2) is 0 Å². The molecule has 0 spiro atoms. The summed E-state index contributed by atoms with van der Waals surface area (Å²) in [7, 11) is 0. The van der Waals surface area contributed by atoms with Gasteiger partial charge in [-0.15, -0.1) is 0 Å². The number of unbranched alkanes of at least 4 members (excludes halogenated alkanes) is 1. The molecule has 1 aliphatic heterocycles. The summed E-state index contributed by atoms with van der Waals surface area (Å²) in [6, 6.07) is -0.365. The molecule has 0 aliphatic carbocycles. The number of hydrogen-bond donors (Lipinski definition) is 1. The lowest BCUT2D eigenvalue weighted by Gasteiger charge is -2.23. The van der Waals surface area contributed by atoms with E-state index in [4.69, 9.17) is 4.74 Å². The van der Waals surface area contributed by atoms with E-state index in [1.54, 1.807) is 4.90 Å². The molecule has 1 heterocycles. The highest BCUT2D eigenvalue weighted by molar-refractivity contribution is 5.89. The zero-order valence-electron chi connectivity index (χ0n) is 11.4. The van der Waals surface area contributed by atoms with Crippen molar-refractivity contribution >= 4 is 11.8 Å². The maximum atomic E-state index is 12.1. The van der Waals surface area contributed by atoms with Gasteiger partial charge in [0.25, 0.3) is 0 Å². The Kier molecular flexibility index (Phi) is 6.72. The first-order valence-corrected chi connectivity index (χ1v) is 6.85. The summed E-state index contributed by atoms with van der Waals surface area (Å²) < 4.78 is 5.46. The second kappa shape index (κ2) is 8.08. The van der Waals surface area contributed by atoms with Gasteiger partial charge < -0.3 is 15.0 Å². The Bertz CT molecular complexity index is 281. The number of amides is 2. The van der Waals surface area contributed by atoms with E-state index in [-0.39, 0.29) is 17.9 Å². The Morgan fingerprint density at radius 1 is 1.33 bits per heavy atom. The summed E-state index contributed by atoms with van der Waals surface area (Å²) in [6.45, 7) is 6.39. The average Bonchev–Trinajstić information content (AvgIpc) is 2.50. The van der Waals surface area contributed by atoms with Crippen LogP contribution in [0, 0.1) is 0 Å². The molecule has 1 unspecified atom stereocenters. The molecule has 1 N–H and O–H groups in total. The summed E-state index contributed by atoms with van der Waals surface area (Å²) in [5.41, 5.74) is 0. The van der Waals surface area contributed by atoms with Gasteiger partial charge in [0.05, 0.1) is 6.61 Å². The number of carbonyl (C=O) groups excluding carboxylic acids is 2. The molecule has 5 heteroatoms. The van der Waals surface area contributed by atoms with Crippen LogP contribution in [-0.2, 0) is 14.3 Å². The maximum Gasteiger partial charge on any atom is 0.245 e. The van der Waals surface area contributed by atoms with E-state index >= 15 is 0 Å². The minimum absolute atomic E-state index is 0.0161. The fourth-order valence-corrected chi connectivity index (χ4v) is 1.92. The van der Waals surface area contributed by atoms with Gasteiger partial charge in [0.15, 0.2) is 0 Å². The Morgan fingerprint density at radius 2 is 2.11 bits per heavy atom. The van der Waals surface area contributed by atoms with Gasteiger partial charge in [0.1, 0.15) is 6.04 Å². The first-order valence-electron chi connectivity index (χ1n) is 6.85. The lowest BCUT2D eigenvalue weighted by molar-refractivity contribution is -0.134.